The molecule has 0 aliphatic carbocycles. The summed E-state index contributed by atoms with van der Waals surface area (Å²) in [6, 6.07) is 11.4. The molecule has 1 aromatic heterocycles. The third-order valence-corrected chi connectivity index (χ3v) is 4.31. The number of hydrogen-bond acceptors (Lipinski definition) is 5. The van der Waals surface area contributed by atoms with Crippen LogP contribution in [0.2, 0.25) is 0 Å². The van der Waals surface area contributed by atoms with Gasteiger partial charge in [-0.25, -0.2) is 0 Å². The highest BCUT2D eigenvalue weighted by Crippen LogP contribution is 2.30. The van der Waals surface area contributed by atoms with Crippen molar-refractivity contribution in [2.24, 2.45) is 7.05 Å². The highest BCUT2D eigenvalue weighted by Gasteiger charge is 2.18. The van der Waals surface area contributed by atoms with Crippen LogP contribution in [0.25, 0.3) is 0 Å². The van der Waals surface area contributed by atoms with Gasteiger partial charge in [-0.2, -0.15) is 5.10 Å². The van der Waals surface area contributed by atoms with Crippen LogP contribution >= 0.6 is 15.9 Å². The molecule has 3 rings (SSSR count). The van der Waals surface area contributed by atoms with Crippen LogP contribution in [-0.4, -0.2) is 20.6 Å². The highest BCUT2D eigenvalue weighted by molar-refractivity contribution is 9.10. The minimum absolute atomic E-state index is 0.195. The van der Waals surface area contributed by atoms with E-state index in [1.165, 1.54) is 29.1 Å². The molecule has 9 heteroatoms. The standard InChI is InChI=1S/C18H15BrN4O4/c1-11-3-5-14(6-4-11)27-15-8-12(7-13(9-15)23(25)26)21-18(24)17-16(19)10-20-22(17)2/h3-10H,1-2H3,(H,21,24). The summed E-state index contributed by atoms with van der Waals surface area (Å²) in [5.74, 6) is 0.323. The van der Waals surface area contributed by atoms with Gasteiger partial charge >= 0.3 is 0 Å². The van der Waals surface area contributed by atoms with Gasteiger partial charge < -0.3 is 10.1 Å². The molecular weight excluding hydrogens is 416 g/mol. The van der Waals surface area contributed by atoms with Gasteiger partial charge in [0, 0.05) is 19.2 Å². The largest absolute Gasteiger partial charge is 0.457 e. The minimum atomic E-state index is -0.544. The number of amides is 1. The molecule has 1 heterocycles. The molecule has 0 aliphatic rings. The number of halogens is 1. The monoisotopic (exact) mass is 430 g/mol. The lowest BCUT2D eigenvalue weighted by Crippen LogP contribution is -2.16. The normalized spacial score (nSPS) is 10.5. The fourth-order valence-electron chi connectivity index (χ4n) is 2.42. The molecule has 0 fully saturated rings. The third kappa shape index (κ3) is 4.32. The molecule has 0 aliphatic heterocycles. The van der Waals surface area contributed by atoms with Crippen LogP contribution in [0.1, 0.15) is 16.1 Å². The molecule has 0 saturated heterocycles. The zero-order valence-electron chi connectivity index (χ0n) is 14.5. The Morgan fingerprint density at radius 1 is 1.22 bits per heavy atom. The Bertz CT molecular complexity index is 995. The first-order valence-electron chi connectivity index (χ1n) is 7.86. The molecule has 0 bridgehead atoms. The lowest BCUT2D eigenvalue weighted by Gasteiger charge is -2.10. The van der Waals surface area contributed by atoms with E-state index in [-0.39, 0.29) is 17.1 Å². The van der Waals surface area contributed by atoms with Crippen LogP contribution < -0.4 is 10.1 Å². The van der Waals surface area contributed by atoms with E-state index in [9.17, 15) is 14.9 Å². The molecule has 0 radical (unpaired) electrons. The lowest BCUT2D eigenvalue weighted by atomic mass is 10.2. The van der Waals surface area contributed by atoms with Crippen molar-refractivity contribution in [3.05, 3.63) is 74.5 Å². The SMILES string of the molecule is Cc1ccc(Oc2cc(NC(=O)c3c(Br)cnn3C)cc([N+](=O)[O-])c2)cc1. The second kappa shape index (κ2) is 7.58. The Morgan fingerprint density at radius 2 is 1.93 bits per heavy atom. The predicted molar refractivity (Wildman–Crippen MR) is 103 cm³/mol. The number of benzene rings is 2. The van der Waals surface area contributed by atoms with Crippen molar-refractivity contribution in [2.75, 3.05) is 5.32 Å². The Hall–Kier alpha value is -3.20. The zero-order valence-corrected chi connectivity index (χ0v) is 16.1. The van der Waals surface area contributed by atoms with Gasteiger partial charge in [0.15, 0.2) is 0 Å². The molecule has 0 unspecified atom stereocenters. The van der Waals surface area contributed by atoms with Crippen molar-refractivity contribution < 1.29 is 14.5 Å². The first-order chi connectivity index (χ1) is 12.8. The molecule has 1 N–H and O–H groups in total. The zero-order chi connectivity index (χ0) is 19.6. The first-order valence-corrected chi connectivity index (χ1v) is 8.65. The van der Waals surface area contributed by atoms with E-state index in [0.717, 1.165) is 5.56 Å². The molecule has 1 amide bonds. The average molecular weight is 431 g/mol. The van der Waals surface area contributed by atoms with Gasteiger partial charge in [-0.3, -0.25) is 19.6 Å². The van der Waals surface area contributed by atoms with Crippen LogP contribution in [0.4, 0.5) is 11.4 Å². The number of aryl methyl sites for hydroxylation is 2. The van der Waals surface area contributed by atoms with Crippen molar-refractivity contribution >= 4 is 33.2 Å². The van der Waals surface area contributed by atoms with E-state index >= 15 is 0 Å². The maximum absolute atomic E-state index is 12.5. The molecule has 0 saturated carbocycles. The molecule has 138 valence electrons. The number of carbonyl (C=O) groups is 1. The number of nitro groups is 1. The summed E-state index contributed by atoms with van der Waals surface area (Å²) >= 11 is 3.26. The summed E-state index contributed by atoms with van der Waals surface area (Å²) < 4.78 is 7.62. The smallest absolute Gasteiger partial charge is 0.275 e. The number of nitrogens with one attached hydrogen (secondary N) is 1. The van der Waals surface area contributed by atoms with Crippen LogP contribution in [0, 0.1) is 17.0 Å². The Labute approximate surface area is 163 Å². The van der Waals surface area contributed by atoms with Gasteiger partial charge in [0.1, 0.15) is 17.2 Å². The van der Waals surface area contributed by atoms with Crippen LogP contribution in [0.3, 0.4) is 0 Å². The summed E-state index contributed by atoms with van der Waals surface area (Å²) in [6.45, 7) is 1.95. The fourth-order valence-corrected chi connectivity index (χ4v) is 2.95. The third-order valence-electron chi connectivity index (χ3n) is 3.73. The molecule has 0 atom stereocenters. The molecule has 3 aromatic rings. The summed E-state index contributed by atoms with van der Waals surface area (Å²) in [4.78, 5) is 23.2. The molecule has 2 aromatic carbocycles. The van der Waals surface area contributed by atoms with Gasteiger partial charge in [-0.05, 0) is 35.0 Å². The number of carbonyl (C=O) groups excluding carboxylic acids is 1. The number of hydrogen-bond donors (Lipinski definition) is 1. The molecule has 8 nitrogen and oxygen atoms in total. The van der Waals surface area contributed by atoms with E-state index < -0.39 is 10.8 Å². The maximum atomic E-state index is 12.5. The predicted octanol–water partition coefficient (Wildman–Crippen LogP) is 4.44. The van der Waals surface area contributed by atoms with Crippen molar-refractivity contribution in [1.82, 2.24) is 9.78 Å². The van der Waals surface area contributed by atoms with E-state index in [0.29, 0.717) is 15.9 Å². The number of anilines is 1. The Kier molecular flexibility index (Phi) is 5.22. The van der Waals surface area contributed by atoms with E-state index in [4.69, 9.17) is 4.74 Å². The number of rotatable bonds is 5. The van der Waals surface area contributed by atoms with Crippen LogP contribution in [0.15, 0.2) is 53.1 Å². The Balaban J connectivity index is 1.90. The van der Waals surface area contributed by atoms with Crippen molar-refractivity contribution in [1.29, 1.82) is 0 Å². The van der Waals surface area contributed by atoms with Gasteiger partial charge in [0.2, 0.25) is 0 Å². The molecular formula is C18H15BrN4O4. The minimum Gasteiger partial charge on any atom is -0.457 e. The summed E-state index contributed by atoms with van der Waals surface area (Å²) in [5.41, 5.74) is 1.40. The van der Waals surface area contributed by atoms with Gasteiger partial charge in [0.05, 0.1) is 27.3 Å². The maximum Gasteiger partial charge on any atom is 0.275 e. The average Bonchev–Trinajstić information content (AvgIpc) is 2.95. The van der Waals surface area contributed by atoms with Crippen molar-refractivity contribution in [2.45, 2.75) is 6.92 Å². The topological polar surface area (TPSA) is 99.3 Å². The Morgan fingerprint density at radius 3 is 2.52 bits per heavy atom. The number of aromatic nitrogens is 2. The van der Waals surface area contributed by atoms with E-state index in [1.54, 1.807) is 19.2 Å². The molecule has 27 heavy (non-hydrogen) atoms. The number of ether oxygens (including phenoxy) is 1. The van der Waals surface area contributed by atoms with Gasteiger partial charge in [0.25, 0.3) is 11.6 Å². The van der Waals surface area contributed by atoms with Crippen molar-refractivity contribution in [3.8, 4) is 11.5 Å². The number of nitrogens with zero attached hydrogens (tertiary/aromatic N) is 3. The van der Waals surface area contributed by atoms with Gasteiger partial charge in [-0.1, -0.05) is 17.7 Å². The second-order valence-electron chi connectivity index (χ2n) is 5.81. The van der Waals surface area contributed by atoms with Gasteiger partial charge in [-0.15, -0.1) is 0 Å². The quantitative estimate of drug-likeness (QED) is 0.476. The summed E-state index contributed by atoms with van der Waals surface area (Å²) in [5, 5.41) is 17.9. The first kappa shape index (κ1) is 18.6. The fraction of sp³-hybridized carbons (Fsp3) is 0.111. The number of non-ortho nitro benzene ring substituents is 1. The lowest BCUT2D eigenvalue weighted by molar-refractivity contribution is -0.384. The molecule has 0 spiro atoms. The summed E-state index contributed by atoms with van der Waals surface area (Å²) in [6.07, 6.45) is 1.49. The summed E-state index contributed by atoms with van der Waals surface area (Å²) in [7, 11) is 1.62. The van der Waals surface area contributed by atoms with Crippen molar-refractivity contribution in [3.63, 3.8) is 0 Å². The van der Waals surface area contributed by atoms with E-state index in [2.05, 4.69) is 26.3 Å². The second-order valence-corrected chi connectivity index (χ2v) is 6.66. The van der Waals surface area contributed by atoms with Crippen LogP contribution in [-0.2, 0) is 7.05 Å². The number of nitro benzene ring substituents is 1. The van der Waals surface area contributed by atoms with Crippen LogP contribution in [0.5, 0.6) is 11.5 Å². The van der Waals surface area contributed by atoms with E-state index in [1.807, 2.05) is 19.1 Å². The highest BCUT2D eigenvalue weighted by atomic mass is 79.9.